The van der Waals surface area contributed by atoms with Crippen LogP contribution in [0.1, 0.15) is 26.7 Å². The van der Waals surface area contributed by atoms with Crippen molar-refractivity contribution in [1.82, 2.24) is 5.32 Å². The Hall–Kier alpha value is -1.78. The molecular weight excluding hydrogens is 312 g/mol. The van der Waals surface area contributed by atoms with Crippen LogP contribution in [0.5, 0.6) is 5.75 Å². The highest BCUT2D eigenvalue weighted by molar-refractivity contribution is 5.88. The number of fused-ring (bicyclic) bond motifs is 1. The van der Waals surface area contributed by atoms with Gasteiger partial charge in [-0.2, -0.15) is 0 Å². The molecule has 0 atom stereocenters. The smallest absolute Gasteiger partial charge is 0.220 e. The van der Waals surface area contributed by atoms with Crippen molar-refractivity contribution in [1.29, 1.82) is 0 Å². The van der Waals surface area contributed by atoms with Crippen molar-refractivity contribution in [3.63, 3.8) is 0 Å². The summed E-state index contributed by atoms with van der Waals surface area (Å²) in [6.45, 7) is 4.78. The summed E-state index contributed by atoms with van der Waals surface area (Å²) in [6, 6.07) is 14.1. The Morgan fingerprint density at radius 1 is 1.17 bits per heavy atom. The highest BCUT2D eigenvalue weighted by atomic mass is 35.5. The molecule has 0 aliphatic rings. The SMILES string of the molecule is CC(C)(N)CNC(=O)CCCOc1cccc2ccccc12.Cl. The second kappa shape index (κ2) is 8.75. The van der Waals surface area contributed by atoms with Gasteiger partial charge in [0.1, 0.15) is 5.75 Å². The quantitative estimate of drug-likeness (QED) is 0.763. The number of carbonyl (C=O) groups is 1. The summed E-state index contributed by atoms with van der Waals surface area (Å²) in [5.41, 5.74) is 5.45. The molecule has 1 amide bonds. The first-order chi connectivity index (χ1) is 10.5. The lowest BCUT2D eigenvalue weighted by Gasteiger charge is -2.18. The number of hydrogen-bond donors (Lipinski definition) is 2. The molecule has 0 fully saturated rings. The van der Waals surface area contributed by atoms with Crippen LogP contribution in [0.4, 0.5) is 0 Å². The molecule has 0 aromatic heterocycles. The van der Waals surface area contributed by atoms with Gasteiger partial charge in [0.15, 0.2) is 0 Å². The van der Waals surface area contributed by atoms with E-state index in [9.17, 15) is 4.79 Å². The Bertz CT molecular complexity index is 633. The van der Waals surface area contributed by atoms with E-state index in [0.29, 0.717) is 26.0 Å². The van der Waals surface area contributed by atoms with E-state index in [0.717, 1.165) is 16.5 Å². The highest BCUT2D eigenvalue weighted by Crippen LogP contribution is 2.25. The van der Waals surface area contributed by atoms with E-state index in [-0.39, 0.29) is 23.9 Å². The van der Waals surface area contributed by atoms with Gasteiger partial charge in [-0.1, -0.05) is 36.4 Å². The number of nitrogens with two attached hydrogens (primary N) is 1. The van der Waals surface area contributed by atoms with Gasteiger partial charge in [-0.3, -0.25) is 4.79 Å². The lowest BCUT2D eigenvalue weighted by atomic mass is 10.1. The second-order valence-electron chi connectivity index (χ2n) is 6.19. The molecule has 3 N–H and O–H groups in total. The van der Waals surface area contributed by atoms with Gasteiger partial charge in [-0.25, -0.2) is 0 Å². The molecule has 0 unspecified atom stereocenters. The van der Waals surface area contributed by atoms with E-state index < -0.39 is 0 Å². The van der Waals surface area contributed by atoms with E-state index in [1.54, 1.807) is 0 Å². The minimum absolute atomic E-state index is 0. The van der Waals surface area contributed by atoms with Crippen LogP contribution in [0, 0.1) is 0 Å². The molecule has 5 heteroatoms. The zero-order chi connectivity index (χ0) is 16.0. The number of rotatable bonds is 7. The monoisotopic (exact) mass is 336 g/mol. The number of carbonyl (C=O) groups excluding carboxylic acids is 1. The van der Waals surface area contributed by atoms with Crippen molar-refractivity contribution in [3.05, 3.63) is 42.5 Å². The number of ether oxygens (including phenoxy) is 1. The summed E-state index contributed by atoms with van der Waals surface area (Å²) in [6.07, 6.45) is 1.13. The maximum Gasteiger partial charge on any atom is 0.220 e. The van der Waals surface area contributed by atoms with Crippen LogP contribution in [-0.4, -0.2) is 24.6 Å². The minimum atomic E-state index is -0.380. The molecule has 0 aliphatic carbocycles. The van der Waals surface area contributed by atoms with Crippen molar-refractivity contribution in [3.8, 4) is 5.75 Å². The zero-order valence-electron chi connectivity index (χ0n) is 13.7. The molecule has 0 heterocycles. The Kier molecular flexibility index (Phi) is 7.33. The lowest BCUT2D eigenvalue weighted by molar-refractivity contribution is -0.121. The van der Waals surface area contributed by atoms with Crippen molar-refractivity contribution in [2.75, 3.05) is 13.2 Å². The first-order valence-corrected chi connectivity index (χ1v) is 7.62. The van der Waals surface area contributed by atoms with Crippen molar-refractivity contribution < 1.29 is 9.53 Å². The maximum atomic E-state index is 11.7. The van der Waals surface area contributed by atoms with Gasteiger partial charge in [-0.15, -0.1) is 12.4 Å². The van der Waals surface area contributed by atoms with Gasteiger partial charge >= 0.3 is 0 Å². The van der Waals surface area contributed by atoms with Crippen LogP contribution >= 0.6 is 12.4 Å². The second-order valence-corrected chi connectivity index (χ2v) is 6.19. The molecule has 0 spiro atoms. The topological polar surface area (TPSA) is 64.3 Å². The van der Waals surface area contributed by atoms with Crippen molar-refractivity contribution >= 4 is 29.1 Å². The van der Waals surface area contributed by atoms with E-state index in [1.807, 2.05) is 44.2 Å². The lowest BCUT2D eigenvalue weighted by Crippen LogP contribution is -2.45. The normalized spacial score (nSPS) is 10.9. The maximum absolute atomic E-state index is 11.7. The van der Waals surface area contributed by atoms with Crippen LogP contribution in [0.3, 0.4) is 0 Å². The zero-order valence-corrected chi connectivity index (χ0v) is 14.5. The predicted octanol–water partition coefficient (Wildman–Crippen LogP) is 3.27. The molecule has 0 radical (unpaired) electrons. The van der Waals surface area contributed by atoms with Crippen LogP contribution < -0.4 is 15.8 Å². The fourth-order valence-electron chi connectivity index (χ4n) is 2.15. The van der Waals surface area contributed by atoms with Gasteiger partial charge in [0.05, 0.1) is 6.61 Å². The molecule has 126 valence electrons. The molecule has 0 saturated carbocycles. The minimum Gasteiger partial charge on any atom is -0.493 e. The molecule has 2 rings (SSSR count). The standard InChI is InChI=1S/C18H24N2O2.ClH/c1-18(2,19)13-20-17(21)11-6-12-22-16-10-5-8-14-7-3-4-9-15(14)16;/h3-5,7-10H,6,11-13,19H2,1-2H3,(H,20,21);1H. The van der Waals surface area contributed by atoms with Crippen LogP contribution in [0.25, 0.3) is 10.8 Å². The number of nitrogens with one attached hydrogen (secondary N) is 1. The highest BCUT2D eigenvalue weighted by Gasteiger charge is 2.12. The van der Waals surface area contributed by atoms with Crippen LogP contribution in [-0.2, 0) is 4.79 Å². The van der Waals surface area contributed by atoms with E-state index >= 15 is 0 Å². The van der Waals surface area contributed by atoms with Gasteiger partial charge < -0.3 is 15.8 Å². The molecule has 4 nitrogen and oxygen atoms in total. The van der Waals surface area contributed by atoms with Gasteiger partial charge in [-0.05, 0) is 31.7 Å². The van der Waals surface area contributed by atoms with Gasteiger partial charge in [0.2, 0.25) is 5.91 Å². The fourth-order valence-corrected chi connectivity index (χ4v) is 2.15. The average Bonchev–Trinajstić information content (AvgIpc) is 2.49. The third kappa shape index (κ3) is 6.47. The first-order valence-electron chi connectivity index (χ1n) is 7.62. The molecule has 23 heavy (non-hydrogen) atoms. The van der Waals surface area contributed by atoms with Crippen molar-refractivity contribution in [2.45, 2.75) is 32.2 Å². The molecule has 0 saturated heterocycles. The molecule has 2 aromatic carbocycles. The summed E-state index contributed by atoms with van der Waals surface area (Å²) >= 11 is 0. The number of halogens is 1. The fraction of sp³-hybridized carbons (Fsp3) is 0.389. The van der Waals surface area contributed by atoms with E-state index in [2.05, 4.69) is 17.4 Å². The van der Waals surface area contributed by atoms with E-state index in [1.165, 1.54) is 0 Å². The summed E-state index contributed by atoms with van der Waals surface area (Å²) < 4.78 is 5.81. The number of hydrogen-bond acceptors (Lipinski definition) is 3. The Morgan fingerprint density at radius 2 is 1.87 bits per heavy atom. The third-order valence-electron chi connectivity index (χ3n) is 3.30. The first kappa shape index (κ1) is 19.3. The van der Waals surface area contributed by atoms with Gasteiger partial charge in [0.25, 0.3) is 0 Å². The van der Waals surface area contributed by atoms with E-state index in [4.69, 9.17) is 10.5 Å². The van der Waals surface area contributed by atoms with Crippen molar-refractivity contribution in [2.24, 2.45) is 5.73 Å². The number of benzene rings is 2. The Balaban J connectivity index is 0.00000264. The van der Waals surface area contributed by atoms with Crippen LogP contribution in [0.15, 0.2) is 42.5 Å². The molecular formula is C18H25ClN2O2. The summed E-state index contributed by atoms with van der Waals surface area (Å²) in [5.74, 6) is 0.877. The largest absolute Gasteiger partial charge is 0.493 e. The average molecular weight is 337 g/mol. The third-order valence-corrected chi connectivity index (χ3v) is 3.30. The molecule has 0 aliphatic heterocycles. The summed E-state index contributed by atoms with van der Waals surface area (Å²) in [4.78, 5) is 11.7. The van der Waals surface area contributed by atoms with Gasteiger partial charge in [0, 0.05) is 23.9 Å². The Labute approximate surface area is 143 Å². The summed E-state index contributed by atoms with van der Waals surface area (Å²) in [5, 5.41) is 5.08. The number of amides is 1. The summed E-state index contributed by atoms with van der Waals surface area (Å²) in [7, 11) is 0. The predicted molar refractivity (Wildman–Crippen MR) is 97.2 cm³/mol. The van der Waals surface area contributed by atoms with Crippen LogP contribution in [0.2, 0.25) is 0 Å². The molecule has 2 aromatic rings. The molecule has 0 bridgehead atoms. The Morgan fingerprint density at radius 3 is 2.61 bits per heavy atom.